The average molecular weight is 387 g/mol. The molecule has 2 aromatic carbocycles. The van der Waals surface area contributed by atoms with E-state index in [1.165, 1.54) is 35.7 Å². The van der Waals surface area contributed by atoms with Crippen LogP contribution in [0.3, 0.4) is 0 Å². The lowest BCUT2D eigenvalue weighted by Crippen LogP contribution is -2.39. The van der Waals surface area contributed by atoms with Crippen molar-refractivity contribution < 1.29 is 5.11 Å². The summed E-state index contributed by atoms with van der Waals surface area (Å²) in [5.74, 6) is 0. The maximum atomic E-state index is 11.1. The molecular formula is C26H30N2O. The molecule has 1 atom stereocenters. The zero-order valence-electron chi connectivity index (χ0n) is 17.1. The molecule has 1 N–H and O–H groups in total. The summed E-state index contributed by atoms with van der Waals surface area (Å²) in [5.41, 5.74) is 6.45. The number of fused-ring (bicyclic) bond motifs is 3. The summed E-state index contributed by atoms with van der Waals surface area (Å²) in [6.45, 7) is 3.22. The highest BCUT2D eigenvalue weighted by Crippen LogP contribution is 2.45. The monoisotopic (exact) mass is 386 g/mol. The Morgan fingerprint density at radius 2 is 1.79 bits per heavy atom. The van der Waals surface area contributed by atoms with Gasteiger partial charge in [0.1, 0.15) is 0 Å². The van der Waals surface area contributed by atoms with E-state index in [1.807, 2.05) is 0 Å². The molecule has 3 aromatic rings. The van der Waals surface area contributed by atoms with Gasteiger partial charge in [0.25, 0.3) is 0 Å². The van der Waals surface area contributed by atoms with Crippen LogP contribution in [0.25, 0.3) is 10.9 Å². The Labute approximate surface area is 173 Å². The molecular weight excluding hydrogens is 356 g/mol. The van der Waals surface area contributed by atoms with Gasteiger partial charge in [0.05, 0.1) is 11.6 Å². The Morgan fingerprint density at radius 3 is 2.62 bits per heavy atom. The van der Waals surface area contributed by atoms with Gasteiger partial charge in [0.15, 0.2) is 0 Å². The van der Waals surface area contributed by atoms with Crippen LogP contribution in [0.5, 0.6) is 0 Å². The molecule has 1 saturated carbocycles. The number of hydrogen-bond donors (Lipinski definition) is 1. The molecule has 0 spiro atoms. The van der Waals surface area contributed by atoms with Crippen molar-refractivity contribution in [1.29, 1.82) is 0 Å². The van der Waals surface area contributed by atoms with Crippen LogP contribution in [0.4, 0.5) is 0 Å². The lowest BCUT2D eigenvalue weighted by Gasteiger charge is -2.40. The van der Waals surface area contributed by atoms with Crippen molar-refractivity contribution in [2.75, 3.05) is 6.54 Å². The Kier molecular flexibility index (Phi) is 4.11. The van der Waals surface area contributed by atoms with Crippen LogP contribution in [0.1, 0.15) is 67.0 Å². The molecule has 150 valence electrons. The number of aryl methyl sites for hydroxylation is 1. The second kappa shape index (κ2) is 6.72. The third kappa shape index (κ3) is 2.78. The summed E-state index contributed by atoms with van der Waals surface area (Å²) in [6.07, 6.45) is 7.80. The van der Waals surface area contributed by atoms with Crippen molar-refractivity contribution in [2.45, 2.75) is 69.7 Å². The van der Waals surface area contributed by atoms with Gasteiger partial charge in [0.2, 0.25) is 0 Å². The highest BCUT2D eigenvalue weighted by atomic mass is 16.3. The van der Waals surface area contributed by atoms with E-state index in [9.17, 15) is 5.11 Å². The topological polar surface area (TPSA) is 28.4 Å². The number of benzene rings is 2. The summed E-state index contributed by atoms with van der Waals surface area (Å²) >= 11 is 0. The van der Waals surface area contributed by atoms with E-state index >= 15 is 0 Å². The molecule has 2 heterocycles. The standard InChI is InChI=1S/C26H30N2O/c29-26(13-4-5-14-26)20-11-12-23-22(17-20)21-9-6-10-24-25(21)28(23)16-15-27(24)18-19-7-2-1-3-8-19/h1-3,7-8,11-12,17,24,29H,4-6,9-10,13-16,18H2/t24-/m1/s1. The van der Waals surface area contributed by atoms with Crippen LogP contribution >= 0.6 is 0 Å². The highest BCUT2D eigenvalue weighted by Gasteiger charge is 2.37. The fraction of sp³-hybridized carbons (Fsp3) is 0.462. The summed E-state index contributed by atoms with van der Waals surface area (Å²) in [6, 6.07) is 18.3. The summed E-state index contributed by atoms with van der Waals surface area (Å²) < 4.78 is 2.60. The lowest BCUT2D eigenvalue weighted by atomic mass is 9.87. The Morgan fingerprint density at radius 1 is 0.966 bits per heavy atom. The molecule has 0 amide bonds. The number of nitrogens with zero attached hydrogens (tertiary/aromatic N) is 2. The van der Waals surface area contributed by atoms with E-state index < -0.39 is 5.60 Å². The average Bonchev–Trinajstić information content (AvgIpc) is 3.34. The fourth-order valence-electron chi connectivity index (χ4n) is 6.22. The van der Waals surface area contributed by atoms with Crippen molar-refractivity contribution in [3.05, 3.63) is 70.9 Å². The smallest absolute Gasteiger partial charge is 0.0896 e. The van der Waals surface area contributed by atoms with E-state index in [4.69, 9.17) is 0 Å². The van der Waals surface area contributed by atoms with Crippen molar-refractivity contribution in [2.24, 2.45) is 0 Å². The van der Waals surface area contributed by atoms with Crippen LogP contribution in [-0.4, -0.2) is 21.1 Å². The van der Waals surface area contributed by atoms with Crippen molar-refractivity contribution >= 4 is 10.9 Å². The second-order valence-electron chi connectivity index (χ2n) is 9.35. The van der Waals surface area contributed by atoms with Gasteiger partial charge in [0, 0.05) is 36.2 Å². The number of aromatic nitrogens is 1. The van der Waals surface area contributed by atoms with E-state index in [1.54, 1.807) is 11.3 Å². The number of hydrogen-bond acceptors (Lipinski definition) is 2. The number of rotatable bonds is 3. The van der Waals surface area contributed by atoms with Crippen LogP contribution in [-0.2, 0) is 25.1 Å². The lowest BCUT2D eigenvalue weighted by molar-refractivity contribution is 0.0446. The Bertz CT molecular complexity index is 1050. The van der Waals surface area contributed by atoms with Gasteiger partial charge in [-0.2, -0.15) is 0 Å². The van der Waals surface area contributed by atoms with Gasteiger partial charge in [-0.3, -0.25) is 4.90 Å². The van der Waals surface area contributed by atoms with E-state index in [0.29, 0.717) is 6.04 Å². The summed E-state index contributed by atoms with van der Waals surface area (Å²) in [7, 11) is 0. The first-order chi connectivity index (χ1) is 14.2. The highest BCUT2D eigenvalue weighted by molar-refractivity contribution is 5.87. The van der Waals surface area contributed by atoms with Crippen LogP contribution in [0, 0.1) is 0 Å². The maximum Gasteiger partial charge on any atom is 0.0896 e. The minimum atomic E-state index is -0.600. The second-order valence-corrected chi connectivity index (χ2v) is 9.35. The predicted molar refractivity (Wildman–Crippen MR) is 117 cm³/mol. The van der Waals surface area contributed by atoms with Crippen LogP contribution in [0.2, 0.25) is 0 Å². The SMILES string of the molecule is OC1(c2ccc3c(c2)c2c4n3CCN(Cc3ccccc3)[C@@H]4CCC2)CCCC1. The quantitative estimate of drug-likeness (QED) is 0.662. The van der Waals surface area contributed by atoms with Crippen LogP contribution < -0.4 is 0 Å². The molecule has 2 aliphatic carbocycles. The zero-order chi connectivity index (χ0) is 19.4. The molecule has 6 rings (SSSR count). The Balaban J connectivity index is 1.42. The third-order valence-corrected chi connectivity index (χ3v) is 7.68. The molecule has 3 aliphatic rings. The fourth-order valence-corrected chi connectivity index (χ4v) is 6.22. The van der Waals surface area contributed by atoms with E-state index in [0.717, 1.165) is 50.9 Å². The van der Waals surface area contributed by atoms with Gasteiger partial charge in [-0.05, 0) is 60.9 Å². The maximum absolute atomic E-state index is 11.1. The summed E-state index contributed by atoms with van der Waals surface area (Å²) in [4.78, 5) is 2.69. The molecule has 0 saturated heterocycles. The minimum absolute atomic E-state index is 0.526. The van der Waals surface area contributed by atoms with Crippen molar-refractivity contribution in [1.82, 2.24) is 9.47 Å². The molecule has 3 nitrogen and oxygen atoms in total. The van der Waals surface area contributed by atoms with E-state index in [2.05, 4.69) is 58.0 Å². The van der Waals surface area contributed by atoms with Crippen LogP contribution in [0.15, 0.2) is 48.5 Å². The minimum Gasteiger partial charge on any atom is -0.385 e. The molecule has 1 aromatic heterocycles. The first kappa shape index (κ1) is 17.7. The Hall–Kier alpha value is -2.10. The first-order valence-corrected chi connectivity index (χ1v) is 11.4. The molecule has 0 radical (unpaired) electrons. The van der Waals surface area contributed by atoms with Gasteiger partial charge in [-0.1, -0.05) is 49.2 Å². The van der Waals surface area contributed by atoms with Gasteiger partial charge in [-0.25, -0.2) is 0 Å². The summed E-state index contributed by atoms with van der Waals surface area (Å²) in [5, 5.41) is 12.6. The molecule has 1 aliphatic heterocycles. The molecule has 3 heteroatoms. The third-order valence-electron chi connectivity index (χ3n) is 7.68. The molecule has 0 bridgehead atoms. The zero-order valence-corrected chi connectivity index (χ0v) is 17.1. The molecule has 0 unspecified atom stereocenters. The first-order valence-electron chi connectivity index (χ1n) is 11.4. The largest absolute Gasteiger partial charge is 0.385 e. The van der Waals surface area contributed by atoms with E-state index in [-0.39, 0.29) is 0 Å². The molecule has 1 fully saturated rings. The predicted octanol–water partition coefficient (Wildman–Crippen LogP) is 5.30. The van der Waals surface area contributed by atoms with Gasteiger partial charge < -0.3 is 9.67 Å². The number of aliphatic hydroxyl groups is 1. The van der Waals surface area contributed by atoms with Crippen molar-refractivity contribution in [3.8, 4) is 0 Å². The van der Waals surface area contributed by atoms with Gasteiger partial charge >= 0.3 is 0 Å². The van der Waals surface area contributed by atoms with Crippen molar-refractivity contribution in [3.63, 3.8) is 0 Å². The van der Waals surface area contributed by atoms with Gasteiger partial charge in [-0.15, -0.1) is 0 Å². The molecule has 29 heavy (non-hydrogen) atoms. The normalized spacial score (nSPS) is 23.4.